The van der Waals surface area contributed by atoms with Crippen molar-refractivity contribution in [1.82, 2.24) is 4.90 Å². The Morgan fingerprint density at radius 3 is 3.00 bits per heavy atom. The van der Waals surface area contributed by atoms with E-state index in [4.69, 9.17) is 0 Å². The zero-order chi connectivity index (χ0) is 11.4. The standard InChI is InChI=1S/C14H21NO/c1-2-13-7-3-4-9-15(13)11-12-6-5-8-14(16)10-12/h5-6,8,10,13,16H,2-4,7,9,11H2,1H3. The summed E-state index contributed by atoms with van der Waals surface area (Å²) >= 11 is 0. The number of hydrogen-bond donors (Lipinski definition) is 1. The second kappa shape index (κ2) is 5.35. The van der Waals surface area contributed by atoms with Crippen LogP contribution < -0.4 is 0 Å². The van der Waals surface area contributed by atoms with Gasteiger partial charge in [-0.25, -0.2) is 0 Å². The summed E-state index contributed by atoms with van der Waals surface area (Å²) in [7, 11) is 0. The normalized spacial score (nSPS) is 22.2. The van der Waals surface area contributed by atoms with Crippen LogP contribution in [0.15, 0.2) is 24.3 Å². The molecular weight excluding hydrogens is 198 g/mol. The van der Waals surface area contributed by atoms with Crippen molar-refractivity contribution >= 4 is 0 Å². The van der Waals surface area contributed by atoms with Crippen molar-refractivity contribution in [3.8, 4) is 5.75 Å². The largest absolute Gasteiger partial charge is 0.508 e. The Kier molecular flexibility index (Phi) is 3.83. The van der Waals surface area contributed by atoms with E-state index in [0.717, 1.165) is 12.6 Å². The fraction of sp³-hybridized carbons (Fsp3) is 0.571. The van der Waals surface area contributed by atoms with Crippen LogP contribution in [-0.2, 0) is 6.54 Å². The number of rotatable bonds is 3. The number of phenols is 1. The number of phenolic OH excluding ortho intramolecular Hbond substituents is 1. The van der Waals surface area contributed by atoms with Gasteiger partial charge < -0.3 is 5.11 Å². The van der Waals surface area contributed by atoms with Crippen LogP contribution in [-0.4, -0.2) is 22.6 Å². The summed E-state index contributed by atoms with van der Waals surface area (Å²) in [5.41, 5.74) is 1.22. The lowest BCUT2D eigenvalue weighted by atomic mass is 9.99. The minimum atomic E-state index is 0.377. The molecule has 1 fully saturated rings. The van der Waals surface area contributed by atoms with Crippen molar-refractivity contribution < 1.29 is 5.11 Å². The van der Waals surface area contributed by atoms with E-state index < -0.39 is 0 Å². The van der Waals surface area contributed by atoms with E-state index in [1.54, 1.807) is 6.07 Å². The molecule has 1 N–H and O–H groups in total. The highest BCUT2D eigenvalue weighted by atomic mass is 16.3. The van der Waals surface area contributed by atoms with Crippen LogP contribution in [0.2, 0.25) is 0 Å². The van der Waals surface area contributed by atoms with Crippen LogP contribution in [0, 0.1) is 0 Å². The van der Waals surface area contributed by atoms with Crippen molar-refractivity contribution in [2.75, 3.05) is 6.54 Å². The Labute approximate surface area is 97.9 Å². The number of benzene rings is 1. The summed E-state index contributed by atoms with van der Waals surface area (Å²) in [4.78, 5) is 2.55. The van der Waals surface area contributed by atoms with E-state index >= 15 is 0 Å². The van der Waals surface area contributed by atoms with E-state index in [-0.39, 0.29) is 0 Å². The molecule has 2 nitrogen and oxygen atoms in total. The average Bonchev–Trinajstić information content (AvgIpc) is 2.30. The SMILES string of the molecule is CCC1CCCCN1Cc1cccc(O)c1. The third-order valence-electron chi connectivity index (χ3n) is 3.52. The lowest BCUT2D eigenvalue weighted by Crippen LogP contribution is -2.38. The molecule has 1 heterocycles. The van der Waals surface area contributed by atoms with Gasteiger partial charge in [0.05, 0.1) is 0 Å². The molecule has 16 heavy (non-hydrogen) atoms. The Morgan fingerprint density at radius 1 is 1.38 bits per heavy atom. The predicted octanol–water partition coefficient (Wildman–Crippen LogP) is 3.16. The lowest BCUT2D eigenvalue weighted by Gasteiger charge is -2.35. The highest BCUT2D eigenvalue weighted by Gasteiger charge is 2.20. The fourth-order valence-electron chi connectivity index (χ4n) is 2.62. The molecular formula is C14H21NO. The van der Waals surface area contributed by atoms with Gasteiger partial charge in [-0.1, -0.05) is 25.5 Å². The average molecular weight is 219 g/mol. The number of nitrogens with zero attached hydrogens (tertiary/aromatic N) is 1. The quantitative estimate of drug-likeness (QED) is 0.844. The summed E-state index contributed by atoms with van der Waals surface area (Å²) in [6.07, 6.45) is 5.25. The maximum Gasteiger partial charge on any atom is 0.115 e. The zero-order valence-electron chi connectivity index (χ0n) is 10.0. The first kappa shape index (κ1) is 11.5. The number of hydrogen-bond acceptors (Lipinski definition) is 2. The zero-order valence-corrected chi connectivity index (χ0v) is 10.0. The molecule has 0 aliphatic carbocycles. The van der Waals surface area contributed by atoms with Crippen molar-refractivity contribution in [1.29, 1.82) is 0 Å². The molecule has 0 spiro atoms. The highest BCUT2D eigenvalue weighted by Crippen LogP contribution is 2.22. The van der Waals surface area contributed by atoms with Crippen molar-refractivity contribution in [2.24, 2.45) is 0 Å². The minimum absolute atomic E-state index is 0.377. The summed E-state index contributed by atoms with van der Waals surface area (Å²) in [6, 6.07) is 8.37. The molecule has 1 aliphatic heterocycles. The van der Waals surface area contributed by atoms with Gasteiger partial charge in [-0.2, -0.15) is 0 Å². The molecule has 1 saturated heterocycles. The van der Waals surface area contributed by atoms with Gasteiger partial charge in [-0.3, -0.25) is 4.90 Å². The Balaban J connectivity index is 2.02. The van der Waals surface area contributed by atoms with Crippen molar-refractivity contribution in [2.45, 2.75) is 45.2 Å². The summed E-state index contributed by atoms with van der Waals surface area (Å²) in [5, 5.41) is 9.45. The molecule has 1 aliphatic rings. The van der Waals surface area contributed by atoms with Crippen LogP contribution >= 0.6 is 0 Å². The molecule has 1 unspecified atom stereocenters. The molecule has 0 saturated carbocycles. The van der Waals surface area contributed by atoms with Crippen molar-refractivity contribution in [3.63, 3.8) is 0 Å². The molecule has 1 aromatic rings. The maximum absolute atomic E-state index is 9.45. The first-order chi connectivity index (χ1) is 7.79. The molecule has 1 aromatic carbocycles. The summed E-state index contributed by atoms with van der Waals surface area (Å²) in [5.74, 6) is 0.377. The topological polar surface area (TPSA) is 23.5 Å². The molecule has 1 atom stereocenters. The smallest absolute Gasteiger partial charge is 0.115 e. The number of piperidine rings is 1. The molecule has 0 bridgehead atoms. The van der Waals surface area contributed by atoms with Gasteiger partial charge in [0.15, 0.2) is 0 Å². The Bertz CT molecular complexity index is 337. The molecule has 88 valence electrons. The minimum Gasteiger partial charge on any atom is -0.508 e. The maximum atomic E-state index is 9.45. The van der Waals surface area contributed by atoms with Gasteiger partial charge in [0.1, 0.15) is 5.75 Å². The van der Waals surface area contributed by atoms with Gasteiger partial charge in [0.25, 0.3) is 0 Å². The lowest BCUT2D eigenvalue weighted by molar-refractivity contribution is 0.136. The van der Waals surface area contributed by atoms with Gasteiger partial charge in [-0.15, -0.1) is 0 Å². The predicted molar refractivity (Wildman–Crippen MR) is 66.4 cm³/mol. The van der Waals surface area contributed by atoms with Gasteiger partial charge >= 0.3 is 0 Å². The molecule has 2 heteroatoms. The van der Waals surface area contributed by atoms with Gasteiger partial charge in [0.2, 0.25) is 0 Å². The van der Waals surface area contributed by atoms with Gasteiger partial charge in [0, 0.05) is 12.6 Å². The Morgan fingerprint density at radius 2 is 2.25 bits per heavy atom. The molecule has 2 rings (SSSR count). The first-order valence-corrected chi connectivity index (χ1v) is 6.31. The summed E-state index contributed by atoms with van der Waals surface area (Å²) < 4.78 is 0. The van der Waals surface area contributed by atoms with Gasteiger partial charge in [-0.05, 0) is 43.5 Å². The fourth-order valence-corrected chi connectivity index (χ4v) is 2.62. The van der Waals surface area contributed by atoms with E-state index in [0.29, 0.717) is 5.75 Å². The van der Waals surface area contributed by atoms with Crippen LogP contribution in [0.1, 0.15) is 38.2 Å². The van der Waals surface area contributed by atoms with Crippen LogP contribution in [0.4, 0.5) is 0 Å². The second-order valence-corrected chi connectivity index (χ2v) is 4.70. The monoisotopic (exact) mass is 219 g/mol. The molecule has 0 amide bonds. The highest BCUT2D eigenvalue weighted by molar-refractivity contribution is 5.27. The first-order valence-electron chi connectivity index (χ1n) is 6.31. The third kappa shape index (κ3) is 2.76. The van der Waals surface area contributed by atoms with Crippen LogP contribution in [0.3, 0.4) is 0 Å². The van der Waals surface area contributed by atoms with Crippen molar-refractivity contribution in [3.05, 3.63) is 29.8 Å². The van der Waals surface area contributed by atoms with E-state index in [9.17, 15) is 5.11 Å². The molecule has 0 radical (unpaired) electrons. The number of likely N-dealkylation sites (tertiary alicyclic amines) is 1. The summed E-state index contributed by atoms with van der Waals surface area (Å²) in [6.45, 7) is 4.45. The number of aromatic hydroxyl groups is 1. The van der Waals surface area contributed by atoms with Crippen LogP contribution in [0.5, 0.6) is 5.75 Å². The second-order valence-electron chi connectivity index (χ2n) is 4.70. The third-order valence-corrected chi connectivity index (χ3v) is 3.52. The van der Waals surface area contributed by atoms with E-state index in [2.05, 4.69) is 17.9 Å². The van der Waals surface area contributed by atoms with Crippen LogP contribution in [0.25, 0.3) is 0 Å². The molecule has 0 aromatic heterocycles. The Hall–Kier alpha value is -1.02. The van der Waals surface area contributed by atoms with E-state index in [1.807, 2.05) is 12.1 Å². The van der Waals surface area contributed by atoms with E-state index in [1.165, 1.54) is 37.8 Å².